The molecule has 1 amide bonds. The van der Waals surface area contributed by atoms with Crippen molar-refractivity contribution in [2.45, 2.75) is 19.8 Å². The summed E-state index contributed by atoms with van der Waals surface area (Å²) in [7, 11) is 0. The molecule has 0 fully saturated rings. The lowest BCUT2D eigenvalue weighted by atomic mass is 10.2. The number of nitrogens with one attached hydrogen (secondary N) is 1. The van der Waals surface area contributed by atoms with E-state index in [1.54, 1.807) is 0 Å². The molecule has 0 aliphatic carbocycles. The van der Waals surface area contributed by atoms with Crippen LogP contribution in [-0.2, 0) is 4.74 Å². The minimum Gasteiger partial charge on any atom is -0.380 e. The molecule has 0 spiro atoms. The van der Waals surface area contributed by atoms with Crippen LogP contribution in [0.4, 0.5) is 4.39 Å². The number of nitrogens with zero attached hydrogens (tertiary/aromatic N) is 1. The minimum atomic E-state index is -0.614. The third-order valence-electron chi connectivity index (χ3n) is 2.19. The maximum Gasteiger partial charge on any atom is 0.254 e. The second kappa shape index (κ2) is 7.73. The van der Waals surface area contributed by atoms with Gasteiger partial charge in [0.25, 0.3) is 5.91 Å². The first-order valence-corrected chi connectivity index (χ1v) is 5.71. The fourth-order valence-electron chi connectivity index (χ4n) is 1.24. The Bertz CT molecular complexity index is 358. The number of hydrogen-bond donors (Lipinski definition) is 1. The lowest BCUT2D eigenvalue weighted by Crippen LogP contribution is -2.28. The van der Waals surface area contributed by atoms with Crippen LogP contribution in [-0.4, -0.2) is 30.6 Å². The minimum absolute atomic E-state index is 0.00792. The predicted molar refractivity (Wildman–Crippen MR) is 62.3 cm³/mol. The Balaban J connectivity index is 2.24. The van der Waals surface area contributed by atoms with Gasteiger partial charge in [-0.1, -0.05) is 13.3 Å². The van der Waals surface area contributed by atoms with Gasteiger partial charge in [0.15, 0.2) is 5.82 Å². The van der Waals surface area contributed by atoms with Crippen LogP contribution >= 0.6 is 0 Å². The summed E-state index contributed by atoms with van der Waals surface area (Å²) in [4.78, 5) is 15.1. The number of halogens is 1. The van der Waals surface area contributed by atoms with Gasteiger partial charge in [-0.2, -0.15) is 0 Å². The van der Waals surface area contributed by atoms with Crippen LogP contribution in [0.15, 0.2) is 18.5 Å². The van der Waals surface area contributed by atoms with Gasteiger partial charge in [-0.15, -0.1) is 0 Å². The second-order valence-electron chi connectivity index (χ2n) is 3.58. The molecule has 0 aliphatic rings. The second-order valence-corrected chi connectivity index (χ2v) is 3.58. The molecule has 0 radical (unpaired) electrons. The standard InChI is InChI=1S/C12H17FN2O2/c1-2-3-7-17-8-6-15-12(16)10-4-5-14-9-11(10)13/h4-5,9H,2-3,6-8H2,1H3,(H,15,16). The Morgan fingerprint density at radius 1 is 1.53 bits per heavy atom. The molecule has 1 aromatic rings. The molecule has 0 aromatic carbocycles. The maximum absolute atomic E-state index is 13.2. The van der Waals surface area contributed by atoms with Crippen molar-refractivity contribution in [1.82, 2.24) is 10.3 Å². The van der Waals surface area contributed by atoms with Crippen molar-refractivity contribution in [3.63, 3.8) is 0 Å². The quantitative estimate of drug-likeness (QED) is 0.739. The maximum atomic E-state index is 13.2. The first-order chi connectivity index (χ1) is 8.25. The molecule has 0 saturated heterocycles. The summed E-state index contributed by atoms with van der Waals surface area (Å²) in [6, 6.07) is 1.35. The van der Waals surface area contributed by atoms with Crippen LogP contribution in [0.2, 0.25) is 0 Å². The van der Waals surface area contributed by atoms with E-state index in [9.17, 15) is 9.18 Å². The molecule has 1 N–H and O–H groups in total. The number of carbonyl (C=O) groups is 1. The van der Waals surface area contributed by atoms with Crippen molar-refractivity contribution in [2.24, 2.45) is 0 Å². The molecule has 0 atom stereocenters. The zero-order valence-electron chi connectivity index (χ0n) is 9.91. The summed E-state index contributed by atoms with van der Waals surface area (Å²) in [5.74, 6) is -1.05. The highest BCUT2D eigenvalue weighted by Gasteiger charge is 2.09. The smallest absolute Gasteiger partial charge is 0.254 e. The first-order valence-electron chi connectivity index (χ1n) is 5.71. The van der Waals surface area contributed by atoms with Crippen LogP contribution in [0.1, 0.15) is 30.1 Å². The molecule has 17 heavy (non-hydrogen) atoms. The average Bonchev–Trinajstić information content (AvgIpc) is 2.34. The largest absolute Gasteiger partial charge is 0.380 e. The highest BCUT2D eigenvalue weighted by atomic mass is 19.1. The van der Waals surface area contributed by atoms with E-state index in [1.165, 1.54) is 12.3 Å². The van der Waals surface area contributed by atoms with E-state index in [0.717, 1.165) is 19.0 Å². The number of pyridine rings is 1. The van der Waals surface area contributed by atoms with Gasteiger partial charge in [0, 0.05) is 19.3 Å². The Morgan fingerprint density at radius 3 is 3.06 bits per heavy atom. The predicted octanol–water partition coefficient (Wildman–Crippen LogP) is 1.77. The van der Waals surface area contributed by atoms with E-state index in [2.05, 4.69) is 17.2 Å². The summed E-state index contributed by atoms with van der Waals surface area (Å²) in [6.07, 6.45) is 4.49. The molecule has 0 aliphatic heterocycles. The van der Waals surface area contributed by atoms with Crippen molar-refractivity contribution in [1.29, 1.82) is 0 Å². The van der Waals surface area contributed by atoms with E-state index >= 15 is 0 Å². The molecule has 1 aromatic heterocycles. The van der Waals surface area contributed by atoms with Crippen molar-refractivity contribution >= 4 is 5.91 Å². The molecule has 0 bridgehead atoms. The Kier molecular flexibility index (Phi) is 6.17. The van der Waals surface area contributed by atoms with Gasteiger partial charge in [-0.05, 0) is 12.5 Å². The molecule has 0 unspecified atom stereocenters. The average molecular weight is 240 g/mol. The van der Waals surface area contributed by atoms with E-state index in [0.29, 0.717) is 19.8 Å². The monoisotopic (exact) mass is 240 g/mol. The number of hydrogen-bond acceptors (Lipinski definition) is 3. The molecule has 5 heteroatoms. The zero-order valence-corrected chi connectivity index (χ0v) is 9.91. The van der Waals surface area contributed by atoms with Gasteiger partial charge >= 0.3 is 0 Å². The lowest BCUT2D eigenvalue weighted by molar-refractivity contribution is 0.0909. The van der Waals surface area contributed by atoms with Gasteiger partial charge in [-0.25, -0.2) is 4.39 Å². The van der Waals surface area contributed by atoms with Gasteiger partial charge in [0.05, 0.1) is 18.4 Å². The fraction of sp³-hybridized carbons (Fsp3) is 0.500. The van der Waals surface area contributed by atoms with Crippen LogP contribution in [0.25, 0.3) is 0 Å². The number of aromatic nitrogens is 1. The van der Waals surface area contributed by atoms with Crippen molar-refractivity contribution in [2.75, 3.05) is 19.8 Å². The summed E-state index contributed by atoms with van der Waals surface area (Å²) in [5.41, 5.74) is 0.00792. The van der Waals surface area contributed by atoms with Crippen LogP contribution < -0.4 is 5.32 Å². The number of ether oxygens (including phenoxy) is 1. The normalized spacial score (nSPS) is 10.2. The van der Waals surface area contributed by atoms with Gasteiger partial charge in [0.2, 0.25) is 0 Å². The highest BCUT2D eigenvalue weighted by Crippen LogP contribution is 2.03. The van der Waals surface area contributed by atoms with E-state index in [1.807, 2.05) is 0 Å². The lowest BCUT2D eigenvalue weighted by Gasteiger charge is -2.06. The molecule has 0 saturated carbocycles. The van der Waals surface area contributed by atoms with Crippen molar-refractivity contribution < 1.29 is 13.9 Å². The third kappa shape index (κ3) is 4.91. The van der Waals surface area contributed by atoms with Gasteiger partial charge in [0.1, 0.15) is 0 Å². The van der Waals surface area contributed by atoms with Crippen LogP contribution in [0.3, 0.4) is 0 Å². The number of amides is 1. The first kappa shape index (κ1) is 13.6. The SMILES string of the molecule is CCCCOCCNC(=O)c1ccncc1F. The number of rotatable bonds is 7. The Labute approximate surface area is 100 Å². The van der Waals surface area contributed by atoms with E-state index in [-0.39, 0.29) is 5.56 Å². The zero-order chi connectivity index (χ0) is 12.5. The summed E-state index contributed by atoms with van der Waals surface area (Å²) >= 11 is 0. The van der Waals surface area contributed by atoms with E-state index in [4.69, 9.17) is 4.74 Å². The molecule has 1 heterocycles. The Morgan fingerprint density at radius 2 is 2.35 bits per heavy atom. The molecular formula is C12H17FN2O2. The fourth-order valence-corrected chi connectivity index (χ4v) is 1.24. The summed E-state index contributed by atoms with van der Waals surface area (Å²) in [5, 5.41) is 2.58. The number of unbranched alkanes of at least 4 members (excludes halogenated alkanes) is 1. The summed E-state index contributed by atoms with van der Waals surface area (Å²) < 4.78 is 18.4. The van der Waals surface area contributed by atoms with Crippen LogP contribution in [0.5, 0.6) is 0 Å². The molecular weight excluding hydrogens is 223 g/mol. The summed E-state index contributed by atoms with van der Waals surface area (Å²) in [6.45, 7) is 3.59. The topological polar surface area (TPSA) is 51.2 Å². The highest BCUT2D eigenvalue weighted by molar-refractivity contribution is 5.94. The van der Waals surface area contributed by atoms with Gasteiger partial charge < -0.3 is 10.1 Å². The van der Waals surface area contributed by atoms with Crippen molar-refractivity contribution in [3.8, 4) is 0 Å². The molecule has 4 nitrogen and oxygen atoms in total. The van der Waals surface area contributed by atoms with E-state index < -0.39 is 11.7 Å². The van der Waals surface area contributed by atoms with Gasteiger partial charge in [-0.3, -0.25) is 9.78 Å². The van der Waals surface area contributed by atoms with Crippen LogP contribution in [0, 0.1) is 5.82 Å². The molecule has 1 rings (SSSR count). The van der Waals surface area contributed by atoms with Crippen molar-refractivity contribution in [3.05, 3.63) is 29.8 Å². The third-order valence-corrected chi connectivity index (χ3v) is 2.19. The number of carbonyl (C=O) groups excluding carboxylic acids is 1. The molecule has 94 valence electrons. The Hall–Kier alpha value is -1.49.